The molecule has 1 aliphatic heterocycles. The van der Waals surface area contributed by atoms with E-state index in [0.717, 1.165) is 12.1 Å². The number of fused-ring (bicyclic) bond motifs is 1. The molecule has 4 heteroatoms. The van der Waals surface area contributed by atoms with E-state index < -0.39 is 0 Å². The Labute approximate surface area is 104 Å². The average molecular weight is 244 g/mol. The van der Waals surface area contributed by atoms with Crippen molar-refractivity contribution in [3.8, 4) is 0 Å². The lowest BCUT2D eigenvalue weighted by Gasteiger charge is -2.21. The molecule has 1 amide bonds. The first-order valence-corrected chi connectivity index (χ1v) is 6.46. The molecule has 0 bridgehead atoms. The van der Waals surface area contributed by atoms with Crippen LogP contribution >= 0.6 is 11.3 Å². The van der Waals surface area contributed by atoms with Crippen molar-refractivity contribution >= 4 is 22.9 Å². The highest BCUT2D eigenvalue weighted by Crippen LogP contribution is 2.33. The zero-order valence-electron chi connectivity index (χ0n) is 9.46. The maximum absolute atomic E-state index is 12.4. The number of amides is 1. The third-order valence-electron chi connectivity index (χ3n) is 3.04. The van der Waals surface area contributed by atoms with Gasteiger partial charge < -0.3 is 4.90 Å². The monoisotopic (exact) mass is 244 g/mol. The topological polar surface area (TPSA) is 33.2 Å². The molecule has 0 aliphatic carbocycles. The SMILES string of the molecule is CC1Cc2ccccc2N1C(=O)c1nccs1. The summed E-state index contributed by atoms with van der Waals surface area (Å²) in [6.07, 6.45) is 2.60. The predicted octanol–water partition coefficient (Wildman–Crippen LogP) is 2.73. The zero-order chi connectivity index (χ0) is 11.8. The van der Waals surface area contributed by atoms with Crippen molar-refractivity contribution in [3.05, 3.63) is 46.4 Å². The Morgan fingerprint density at radius 2 is 2.29 bits per heavy atom. The molecular formula is C13H12N2OS. The molecule has 0 saturated heterocycles. The molecule has 1 atom stereocenters. The minimum atomic E-state index is 0.0115. The number of carbonyl (C=O) groups excluding carboxylic acids is 1. The summed E-state index contributed by atoms with van der Waals surface area (Å²) < 4.78 is 0. The molecule has 1 aromatic carbocycles. The van der Waals surface area contributed by atoms with E-state index in [1.807, 2.05) is 28.5 Å². The minimum Gasteiger partial charge on any atom is -0.303 e. The van der Waals surface area contributed by atoms with Crippen molar-refractivity contribution in [2.45, 2.75) is 19.4 Å². The molecule has 17 heavy (non-hydrogen) atoms. The molecule has 1 unspecified atom stereocenters. The van der Waals surface area contributed by atoms with Crippen LogP contribution in [0.25, 0.3) is 0 Å². The number of aromatic nitrogens is 1. The van der Waals surface area contributed by atoms with Crippen LogP contribution in [0.2, 0.25) is 0 Å². The van der Waals surface area contributed by atoms with Crippen LogP contribution in [0.5, 0.6) is 0 Å². The average Bonchev–Trinajstić information content (AvgIpc) is 2.94. The van der Waals surface area contributed by atoms with Crippen LogP contribution in [0.15, 0.2) is 35.8 Å². The van der Waals surface area contributed by atoms with E-state index in [2.05, 4.69) is 18.0 Å². The second-order valence-electron chi connectivity index (χ2n) is 4.19. The van der Waals surface area contributed by atoms with Gasteiger partial charge in [0.15, 0.2) is 5.01 Å². The summed E-state index contributed by atoms with van der Waals surface area (Å²) in [6.45, 7) is 2.07. The zero-order valence-corrected chi connectivity index (χ0v) is 10.3. The van der Waals surface area contributed by atoms with Gasteiger partial charge in [0.25, 0.3) is 5.91 Å². The van der Waals surface area contributed by atoms with Gasteiger partial charge in [-0.3, -0.25) is 4.79 Å². The van der Waals surface area contributed by atoms with E-state index in [1.165, 1.54) is 16.9 Å². The van der Waals surface area contributed by atoms with Crippen LogP contribution in [0.4, 0.5) is 5.69 Å². The maximum atomic E-state index is 12.4. The van der Waals surface area contributed by atoms with Gasteiger partial charge in [0.05, 0.1) is 0 Å². The van der Waals surface area contributed by atoms with Crippen LogP contribution in [-0.4, -0.2) is 16.9 Å². The van der Waals surface area contributed by atoms with E-state index in [0.29, 0.717) is 5.01 Å². The lowest BCUT2D eigenvalue weighted by atomic mass is 10.1. The number of hydrogen-bond donors (Lipinski definition) is 0. The molecule has 86 valence electrons. The maximum Gasteiger partial charge on any atom is 0.287 e. The third kappa shape index (κ3) is 1.65. The van der Waals surface area contributed by atoms with Crippen molar-refractivity contribution in [2.24, 2.45) is 0 Å². The summed E-state index contributed by atoms with van der Waals surface area (Å²) in [4.78, 5) is 18.3. The number of thiazole rings is 1. The van der Waals surface area contributed by atoms with Gasteiger partial charge >= 0.3 is 0 Å². The second-order valence-corrected chi connectivity index (χ2v) is 5.09. The highest BCUT2D eigenvalue weighted by molar-refractivity contribution is 7.11. The molecule has 2 heterocycles. The van der Waals surface area contributed by atoms with E-state index in [-0.39, 0.29) is 11.9 Å². The molecule has 0 saturated carbocycles. The van der Waals surface area contributed by atoms with E-state index in [9.17, 15) is 4.79 Å². The molecule has 2 aromatic rings. The van der Waals surface area contributed by atoms with Crippen molar-refractivity contribution in [1.82, 2.24) is 4.98 Å². The fourth-order valence-electron chi connectivity index (χ4n) is 2.31. The Morgan fingerprint density at radius 3 is 3.06 bits per heavy atom. The highest BCUT2D eigenvalue weighted by Gasteiger charge is 2.32. The fraction of sp³-hybridized carbons (Fsp3) is 0.231. The number of anilines is 1. The largest absolute Gasteiger partial charge is 0.303 e. The van der Waals surface area contributed by atoms with E-state index in [1.54, 1.807) is 6.20 Å². The molecule has 1 aliphatic rings. The van der Waals surface area contributed by atoms with Gasteiger partial charge in [0.1, 0.15) is 0 Å². The summed E-state index contributed by atoms with van der Waals surface area (Å²) in [5.74, 6) is 0.0115. The Kier molecular flexibility index (Phi) is 2.44. The standard InChI is InChI=1S/C13H12N2OS/c1-9-8-10-4-2-3-5-11(10)15(9)13(16)12-14-6-7-17-12/h2-7,9H,8H2,1H3. The predicted molar refractivity (Wildman–Crippen MR) is 68.5 cm³/mol. The summed E-state index contributed by atoms with van der Waals surface area (Å²) in [5, 5.41) is 2.40. The third-order valence-corrected chi connectivity index (χ3v) is 3.80. The summed E-state index contributed by atoms with van der Waals surface area (Å²) in [7, 11) is 0. The van der Waals surface area contributed by atoms with Crippen LogP contribution in [0.3, 0.4) is 0 Å². The Hall–Kier alpha value is -1.68. The van der Waals surface area contributed by atoms with E-state index in [4.69, 9.17) is 0 Å². The van der Waals surface area contributed by atoms with Crippen LogP contribution in [0.1, 0.15) is 22.3 Å². The molecule has 3 nitrogen and oxygen atoms in total. The van der Waals surface area contributed by atoms with Crippen LogP contribution in [-0.2, 0) is 6.42 Å². The lowest BCUT2D eigenvalue weighted by Crippen LogP contribution is -2.35. The van der Waals surface area contributed by atoms with Gasteiger partial charge in [0, 0.05) is 23.3 Å². The number of nitrogens with zero attached hydrogens (tertiary/aromatic N) is 2. The van der Waals surface area contributed by atoms with Gasteiger partial charge in [-0.1, -0.05) is 18.2 Å². The molecule has 0 spiro atoms. The quantitative estimate of drug-likeness (QED) is 0.772. The van der Waals surface area contributed by atoms with Crippen molar-refractivity contribution in [3.63, 3.8) is 0 Å². The van der Waals surface area contributed by atoms with Crippen LogP contribution < -0.4 is 4.90 Å². The number of carbonyl (C=O) groups is 1. The summed E-state index contributed by atoms with van der Waals surface area (Å²) >= 11 is 1.39. The highest BCUT2D eigenvalue weighted by atomic mass is 32.1. The molecular weight excluding hydrogens is 232 g/mol. The van der Waals surface area contributed by atoms with Gasteiger partial charge in [0.2, 0.25) is 0 Å². The number of para-hydroxylation sites is 1. The Morgan fingerprint density at radius 1 is 1.47 bits per heavy atom. The molecule has 1 aromatic heterocycles. The van der Waals surface area contributed by atoms with Gasteiger partial charge in [-0.25, -0.2) is 4.98 Å². The first-order valence-electron chi connectivity index (χ1n) is 5.58. The Balaban J connectivity index is 2.01. The molecule has 0 N–H and O–H groups in total. The fourth-order valence-corrected chi connectivity index (χ4v) is 2.88. The molecule has 0 fully saturated rings. The minimum absolute atomic E-state index is 0.0115. The normalized spacial score (nSPS) is 18.2. The van der Waals surface area contributed by atoms with Gasteiger partial charge in [-0.15, -0.1) is 11.3 Å². The smallest absolute Gasteiger partial charge is 0.287 e. The summed E-state index contributed by atoms with van der Waals surface area (Å²) in [6, 6.07) is 8.29. The number of benzene rings is 1. The van der Waals surface area contributed by atoms with E-state index >= 15 is 0 Å². The number of rotatable bonds is 1. The summed E-state index contributed by atoms with van der Waals surface area (Å²) in [5.41, 5.74) is 2.27. The van der Waals surface area contributed by atoms with Gasteiger partial charge in [-0.2, -0.15) is 0 Å². The first-order chi connectivity index (χ1) is 8.27. The van der Waals surface area contributed by atoms with Crippen molar-refractivity contribution in [1.29, 1.82) is 0 Å². The first kappa shape index (κ1) is 10.5. The second kappa shape index (κ2) is 3.96. The molecule has 3 rings (SSSR count). The van der Waals surface area contributed by atoms with Crippen molar-refractivity contribution < 1.29 is 4.79 Å². The Bertz CT molecular complexity index is 550. The van der Waals surface area contributed by atoms with Crippen LogP contribution in [0, 0.1) is 0 Å². The lowest BCUT2D eigenvalue weighted by molar-refractivity contribution is 0.0981. The van der Waals surface area contributed by atoms with Gasteiger partial charge in [-0.05, 0) is 25.0 Å². The number of hydrogen-bond acceptors (Lipinski definition) is 3. The van der Waals surface area contributed by atoms with Crippen molar-refractivity contribution in [2.75, 3.05) is 4.90 Å². The molecule has 0 radical (unpaired) electrons.